The third kappa shape index (κ3) is 3.14. The lowest BCUT2D eigenvalue weighted by Crippen LogP contribution is -2.24. The molecule has 0 radical (unpaired) electrons. The molecule has 0 bridgehead atoms. The van der Waals surface area contributed by atoms with Gasteiger partial charge in [0.1, 0.15) is 0 Å². The summed E-state index contributed by atoms with van der Waals surface area (Å²) in [6.45, 7) is 2.08. The summed E-state index contributed by atoms with van der Waals surface area (Å²) in [6, 6.07) is 2.08. The lowest BCUT2D eigenvalue weighted by molar-refractivity contribution is 0.601. The monoisotopic (exact) mass is 218 g/mol. The lowest BCUT2D eigenvalue weighted by atomic mass is 10.2. The fraction of sp³-hybridized carbons (Fsp3) is 0.444. The minimum absolute atomic E-state index is 0.367. The van der Waals surface area contributed by atoms with E-state index in [0.717, 1.165) is 12.1 Å². The second kappa shape index (κ2) is 4.80. The van der Waals surface area contributed by atoms with Gasteiger partial charge in [-0.2, -0.15) is 0 Å². The summed E-state index contributed by atoms with van der Waals surface area (Å²) >= 11 is 11.7. The molecule has 0 aliphatic heterocycles. The van der Waals surface area contributed by atoms with E-state index in [0.29, 0.717) is 16.1 Å². The molecule has 0 saturated carbocycles. The lowest BCUT2D eigenvalue weighted by Gasteiger charge is -2.10. The number of halogens is 2. The standard InChI is InChI=1S/C9H12Cl2N2/c1-6(12-2)3-9-8(11)4-7(10)5-13-9/h4-6,12H,3H2,1-2H3. The van der Waals surface area contributed by atoms with Crippen molar-refractivity contribution in [1.29, 1.82) is 0 Å². The Morgan fingerprint density at radius 3 is 2.77 bits per heavy atom. The highest BCUT2D eigenvalue weighted by Crippen LogP contribution is 2.19. The molecule has 0 spiro atoms. The van der Waals surface area contributed by atoms with E-state index in [4.69, 9.17) is 23.2 Å². The molecule has 72 valence electrons. The average molecular weight is 219 g/mol. The van der Waals surface area contributed by atoms with E-state index in [1.807, 2.05) is 7.05 Å². The second-order valence-corrected chi connectivity index (χ2v) is 3.82. The van der Waals surface area contributed by atoms with Crippen molar-refractivity contribution in [2.24, 2.45) is 0 Å². The zero-order valence-corrected chi connectivity index (χ0v) is 9.15. The quantitative estimate of drug-likeness (QED) is 0.844. The Morgan fingerprint density at radius 2 is 2.23 bits per heavy atom. The van der Waals surface area contributed by atoms with Crippen LogP contribution in [-0.2, 0) is 6.42 Å². The van der Waals surface area contributed by atoms with E-state index in [9.17, 15) is 0 Å². The Morgan fingerprint density at radius 1 is 1.54 bits per heavy atom. The van der Waals surface area contributed by atoms with E-state index >= 15 is 0 Å². The van der Waals surface area contributed by atoms with Gasteiger partial charge in [-0.3, -0.25) is 4.98 Å². The smallest absolute Gasteiger partial charge is 0.0636 e. The fourth-order valence-corrected chi connectivity index (χ4v) is 1.44. The van der Waals surface area contributed by atoms with Crippen LogP contribution in [0.2, 0.25) is 10.0 Å². The maximum atomic E-state index is 5.96. The van der Waals surface area contributed by atoms with Gasteiger partial charge in [0.2, 0.25) is 0 Å². The van der Waals surface area contributed by atoms with Crippen LogP contribution in [0.4, 0.5) is 0 Å². The number of hydrogen-bond donors (Lipinski definition) is 1. The minimum Gasteiger partial charge on any atom is -0.317 e. The molecule has 0 fully saturated rings. The highest BCUT2D eigenvalue weighted by Gasteiger charge is 2.06. The Bertz CT molecular complexity index is 289. The summed E-state index contributed by atoms with van der Waals surface area (Å²) < 4.78 is 0. The molecule has 4 heteroatoms. The molecule has 1 atom stereocenters. The number of likely N-dealkylation sites (N-methyl/N-ethyl adjacent to an activating group) is 1. The average Bonchev–Trinajstić information content (AvgIpc) is 2.09. The number of pyridine rings is 1. The van der Waals surface area contributed by atoms with Gasteiger partial charge in [0, 0.05) is 18.7 Å². The Kier molecular flexibility index (Phi) is 3.97. The van der Waals surface area contributed by atoms with Crippen molar-refractivity contribution in [3.63, 3.8) is 0 Å². The molecule has 1 N–H and O–H groups in total. The summed E-state index contributed by atoms with van der Waals surface area (Å²) in [4.78, 5) is 4.16. The van der Waals surface area contributed by atoms with Crippen molar-refractivity contribution in [3.8, 4) is 0 Å². The van der Waals surface area contributed by atoms with Gasteiger partial charge in [-0.15, -0.1) is 0 Å². The van der Waals surface area contributed by atoms with Crippen LogP contribution in [0, 0.1) is 0 Å². The van der Waals surface area contributed by atoms with Crippen molar-refractivity contribution in [1.82, 2.24) is 10.3 Å². The molecule has 0 aliphatic carbocycles. The molecular formula is C9H12Cl2N2. The number of nitrogens with zero attached hydrogens (tertiary/aromatic N) is 1. The van der Waals surface area contributed by atoms with Gasteiger partial charge in [0.15, 0.2) is 0 Å². The van der Waals surface area contributed by atoms with Crippen LogP contribution in [0.15, 0.2) is 12.3 Å². The first-order valence-corrected chi connectivity index (χ1v) is 4.86. The van der Waals surface area contributed by atoms with Crippen LogP contribution >= 0.6 is 23.2 Å². The molecule has 0 saturated heterocycles. The van der Waals surface area contributed by atoms with Gasteiger partial charge in [0.25, 0.3) is 0 Å². The van der Waals surface area contributed by atoms with E-state index in [2.05, 4.69) is 17.2 Å². The maximum absolute atomic E-state index is 5.96. The zero-order chi connectivity index (χ0) is 9.84. The van der Waals surface area contributed by atoms with Crippen molar-refractivity contribution in [3.05, 3.63) is 28.0 Å². The Hall–Kier alpha value is -0.310. The highest BCUT2D eigenvalue weighted by atomic mass is 35.5. The Labute approximate surface area is 88.3 Å². The summed E-state index contributed by atoms with van der Waals surface area (Å²) in [5.74, 6) is 0. The van der Waals surface area contributed by atoms with E-state index < -0.39 is 0 Å². The van der Waals surface area contributed by atoms with Crippen LogP contribution in [0.25, 0.3) is 0 Å². The van der Waals surface area contributed by atoms with Crippen molar-refractivity contribution < 1.29 is 0 Å². The van der Waals surface area contributed by atoms with Crippen LogP contribution in [0.5, 0.6) is 0 Å². The number of nitrogens with one attached hydrogen (secondary N) is 1. The summed E-state index contributed by atoms with van der Waals surface area (Å²) in [5.41, 5.74) is 0.882. The molecule has 1 aromatic rings. The topological polar surface area (TPSA) is 24.9 Å². The van der Waals surface area contributed by atoms with Gasteiger partial charge in [-0.1, -0.05) is 23.2 Å². The van der Waals surface area contributed by atoms with Gasteiger partial charge in [0.05, 0.1) is 15.7 Å². The van der Waals surface area contributed by atoms with Crippen molar-refractivity contribution >= 4 is 23.2 Å². The molecule has 0 aromatic carbocycles. The van der Waals surface area contributed by atoms with Crippen LogP contribution < -0.4 is 5.32 Å². The third-order valence-electron chi connectivity index (χ3n) is 1.88. The molecule has 1 aromatic heterocycles. The second-order valence-electron chi connectivity index (χ2n) is 2.98. The largest absolute Gasteiger partial charge is 0.317 e. The van der Waals surface area contributed by atoms with Crippen molar-refractivity contribution in [2.75, 3.05) is 7.05 Å². The van der Waals surface area contributed by atoms with E-state index in [1.165, 1.54) is 0 Å². The van der Waals surface area contributed by atoms with Crippen LogP contribution in [-0.4, -0.2) is 18.1 Å². The highest BCUT2D eigenvalue weighted by molar-refractivity contribution is 6.34. The maximum Gasteiger partial charge on any atom is 0.0636 e. The molecular weight excluding hydrogens is 207 g/mol. The first-order valence-electron chi connectivity index (χ1n) is 4.10. The fourth-order valence-electron chi connectivity index (χ4n) is 0.985. The third-order valence-corrected chi connectivity index (χ3v) is 2.41. The van der Waals surface area contributed by atoms with Crippen LogP contribution in [0.1, 0.15) is 12.6 Å². The number of rotatable bonds is 3. The normalized spacial score (nSPS) is 12.9. The van der Waals surface area contributed by atoms with Gasteiger partial charge in [-0.05, 0) is 20.0 Å². The SMILES string of the molecule is CNC(C)Cc1ncc(Cl)cc1Cl. The predicted octanol–water partition coefficient (Wildman–Crippen LogP) is 2.54. The first-order chi connectivity index (χ1) is 6.13. The van der Waals surface area contributed by atoms with Crippen molar-refractivity contribution in [2.45, 2.75) is 19.4 Å². The van der Waals surface area contributed by atoms with Gasteiger partial charge < -0.3 is 5.32 Å². The zero-order valence-electron chi connectivity index (χ0n) is 7.64. The predicted molar refractivity (Wildman–Crippen MR) is 56.5 cm³/mol. The molecule has 1 rings (SSSR count). The molecule has 13 heavy (non-hydrogen) atoms. The molecule has 0 amide bonds. The van der Waals surface area contributed by atoms with E-state index in [1.54, 1.807) is 12.3 Å². The summed E-state index contributed by atoms with van der Waals surface area (Å²) in [7, 11) is 1.91. The van der Waals surface area contributed by atoms with E-state index in [-0.39, 0.29) is 0 Å². The van der Waals surface area contributed by atoms with Gasteiger partial charge in [-0.25, -0.2) is 0 Å². The summed E-state index contributed by atoms with van der Waals surface area (Å²) in [6.07, 6.45) is 2.43. The molecule has 1 heterocycles. The number of aromatic nitrogens is 1. The Balaban J connectivity index is 2.77. The summed E-state index contributed by atoms with van der Waals surface area (Å²) in [5, 5.41) is 4.33. The minimum atomic E-state index is 0.367. The number of hydrogen-bond acceptors (Lipinski definition) is 2. The molecule has 1 unspecified atom stereocenters. The molecule has 0 aliphatic rings. The van der Waals surface area contributed by atoms with Gasteiger partial charge >= 0.3 is 0 Å². The first kappa shape index (κ1) is 10.8. The van der Waals surface area contributed by atoms with Crippen LogP contribution in [0.3, 0.4) is 0 Å². The molecule has 2 nitrogen and oxygen atoms in total.